The van der Waals surface area contributed by atoms with Crippen molar-refractivity contribution in [3.63, 3.8) is 0 Å². The predicted molar refractivity (Wildman–Crippen MR) is 131 cm³/mol. The van der Waals surface area contributed by atoms with Crippen LogP contribution < -0.4 is 0 Å². The third-order valence-corrected chi connectivity index (χ3v) is 7.09. The van der Waals surface area contributed by atoms with Crippen molar-refractivity contribution < 1.29 is 4.79 Å². The molecule has 5 heteroatoms. The topological polar surface area (TPSA) is 50.6 Å². The van der Waals surface area contributed by atoms with Crippen LogP contribution in [0.2, 0.25) is 0 Å². The number of nitrogens with zero attached hydrogens (tertiary/aromatic N) is 4. The van der Waals surface area contributed by atoms with Crippen molar-refractivity contribution in [1.29, 1.82) is 5.26 Å². The molecule has 0 N–H and O–H groups in total. The van der Waals surface area contributed by atoms with Gasteiger partial charge in [-0.3, -0.25) is 9.69 Å². The highest BCUT2D eigenvalue weighted by Crippen LogP contribution is 2.30. The van der Waals surface area contributed by atoms with Crippen molar-refractivity contribution in [2.24, 2.45) is 0 Å². The van der Waals surface area contributed by atoms with Crippen LogP contribution in [-0.2, 0) is 4.79 Å². The van der Waals surface area contributed by atoms with E-state index in [1.807, 2.05) is 23.2 Å². The zero-order valence-corrected chi connectivity index (χ0v) is 19.7. The van der Waals surface area contributed by atoms with Crippen LogP contribution in [0, 0.1) is 11.3 Å². The number of piperazine rings is 1. The first-order valence-corrected chi connectivity index (χ1v) is 12.1. The average molecular weight is 443 g/mol. The van der Waals surface area contributed by atoms with Gasteiger partial charge in [0, 0.05) is 44.5 Å². The second-order valence-corrected chi connectivity index (χ2v) is 9.28. The standard InChI is InChI=1S/C28H34N4O/c1-22-10-9-11-23(2)32(22)21-26(20-29)28(33)31-18-16-30(17-19-31)27(24-12-5-3-6-13-24)25-14-7-4-8-15-25/h3-8,12-15,21-23,27H,9-11,16-19H2,1-2H3/b26-21-. The lowest BCUT2D eigenvalue weighted by molar-refractivity contribution is -0.128. The van der Waals surface area contributed by atoms with Crippen LogP contribution in [-0.4, -0.2) is 58.9 Å². The molecule has 2 saturated heterocycles. The number of hydrogen-bond acceptors (Lipinski definition) is 4. The van der Waals surface area contributed by atoms with Crippen LogP contribution in [0.4, 0.5) is 0 Å². The maximum Gasteiger partial charge on any atom is 0.266 e. The Morgan fingerprint density at radius 3 is 1.91 bits per heavy atom. The van der Waals surface area contributed by atoms with Gasteiger partial charge in [0.15, 0.2) is 0 Å². The van der Waals surface area contributed by atoms with Gasteiger partial charge in [-0.2, -0.15) is 5.26 Å². The summed E-state index contributed by atoms with van der Waals surface area (Å²) in [7, 11) is 0. The van der Waals surface area contributed by atoms with E-state index in [2.05, 4.69) is 78.2 Å². The monoisotopic (exact) mass is 442 g/mol. The first-order valence-electron chi connectivity index (χ1n) is 12.1. The highest BCUT2D eigenvalue weighted by Gasteiger charge is 2.30. The second kappa shape index (κ2) is 10.7. The molecule has 0 aliphatic carbocycles. The molecule has 5 nitrogen and oxygen atoms in total. The van der Waals surface area contributed by atoms with E-state index < -0.39 is 0 Å². The summed E-state index contributed by atoms with van der Waals surface area (Å²) >= 11 is 0. The Bertz CT molecular complexity index is 940. The summed E-state index contributed by atoms with van der Waals surface area (Å²) in [4.78, 5) is 19.7. The summed E-state index contributed by atoms with van der Waals surface area (Å²) in [5.74, 6) is -0.141. The molecule has 172 valence electrons. The lowest BCUT2D eigenvalue weighted by Gasteiger charge is -2.40. The van der Waals surface area contributed by atoms with Crippen molar-refractivity contribution in [3.05, 3.63) is 83.6 Å². The molecule has 33 heavy (non-hydrogen) atoms. The molecule has 4 rings (SSSR count). The minimum atomic E-state index is -0.141. The fraction of sp³-hybridized carbons (Fsp3) is 0.429. The van der Waals surface area contributed by atoms with Gasteiger partial charge in [-0.25, -0.2) is 0 Å². The van der Waals surface area contributed by atoms with Crippen molar-refractivity contribution in [2.75, 3.05) is 26.2 Å². The summed E-state index contributed by atoms with van der Waals surface area (Å²) in [6.45, 7) is 7.15. The molecule has 2 aliphatic heterocycles. The van der Waals surface area contributed by atoms with E-state index >= 15 is 0 Å². The van der Waals surface area contributed by atoms with E-state index in [9.17, 15) is 10.1 Å². The van der Waals surface area contributed by atoms with Gasteiger partial charge in [0.25, 0.3) is 5.91 Å². The van der Waals surface area contributed by atoms with E-state index in [1.165, 1.54) is 17.5 Å². The van der Waals surface area contributed by atoms with Crippen molar-refractivity contribution in [1.82, 2.24) is 14.7 Å². The molecule has 2 heterocycles. The van der Waals surface area contributed by atoms with E-state index in [0.29, 0.717) is 25.2 Å². The lowest BCUT2D eigenvalue weighted by Crippen LogP contribution is -2.50. The molecular weight excluding hydrogens is 408 g/mol. The van der Waals surface area contributed by atoms with Gasteiger partial charge < -0.3 is 9.80 Å². The molecule has 2 aromatic carbocycles. The van der Waals surface area contributed by atoms with Gasteiger partial charge in [-0.05, 0) is 44.2 Å². The van der Waals surface area contributed by atoms with Crippen LogP contribution in [0.15, 0.2) is 72.4 Å². The number of rotatable bonds is 5. The van der Waals surface area contributed by atoms with Gasteiger partial charge >= 0.3 is 0 Å². The summed E-state index contributed by atoms with van der Waals surface area (Å²) in [6, 6.07) is 24.2. The molecular formula is C28H34N4O. The van der Waals surface area contributed by atoms with E-state index in [0.717, 1.165) is 25.9 Å². The molecule has 2 unspecified atom stereocenters. The third kappa shape index (κ3) is 5.29. The highest BCUT2D eigenvalue weighted by molar-refractivity contribution is 5.97. The largest absolute Gasteiger partial charge is 0.371 e. The van der Waals surface area contributed by atoms with Crippen LogP contribution in [0.5, 0.6) is 0 Å². The first kappa shape index (κ1) is 23.1. The number of carbonyl (C=O) groups is 1. The minimum Gasteiger partial charge on any atom is -0.371 e. The van der Waals surface area contributed by atoms with Gasteiger partial charge in [0.1, 0.15) is 11.6 Å². The first-order chi connectivity index (χ1) is 16.1. The fourth-order valence-electron chi connectivity index (χ4n) is 5.22. The lowest BCUT2D eigenvalue weighted by atomic mass is 9.96. The summed E-state index contributed by atoms with van der Waals surface area (Å²) in [5.41, 5.74) is 2.77. The van der Waals surface area contributed by atoms with Crippen molar-refractivity contribution in [2.45, 2.75) is 51.2 Å². The predicted octanol–water partition coefficient (Wildman–Crippen LogP) is 4.59. The number of amides is 1. The summed E-state index contributed by atoms with van der Waals surface area (Å²) < 4.78 is 0. The minimum absolute atomic E-state index is 0.141. The van der Waals surface area contributed by atoms with Gasteiger partial charge in [-0.15, -0.1) is 0 Å². The van der Waals surface area contributed by atoms with Gasteiger partial charge in [0.05, 0.1) is 6.04 Å². The van der Waals surface area contributed by atoms with Crippen molar-refractivity contribution in [3.8, 4) is 6.07 Å². The molecule has 0 radical (unpaired) electrons. The third-order valence-electron chi connectivity index (χ3n) is 7.09. The molecule has 2 fully saturated rings. The zero-order chi connectivity index (χ0) is 23.2. The fourth-order valence-corrected chi connectivity index (χ4v) is 5.22. The summed E-state index contributed by atoms with van der Waals surface area (Å²) in [5, 5.41) is 9.76. The average Bonchev–Trinajstić information content (AvgIpc) is 2.86. The number of piperidine rings is 1. The maximum absolute atomic E-state index is 13.2. The Balaban J connectivity index is 1.47. The molecule has 2 aliphatic rings. The smallest absolute Gasteiger partial charge is 0.266 e. The van der Waals surface area contributed by atoms with Crippen molar-refractivity contribution >= 4 is 5.91 Å². The highest BCUT2D eigenvalue weighted by atomic mass is 16.2. The SMILES string of the molecule is CC1CCCC(C)N1/C=C(/C#N)C(=O)N1CCN(C(c2ccccc2)c2ccccc2)CC1. The molecule has 2 aromatic rings. The Morgan fingerprint density at radius 2 is 1.42 bits per heavy atom. The Labute approximate surface area is 197 Å². The number of benzene rings is 2. The molecule has 0 aromatic heterocycles. The van der Waals surface area contributed by atoms with Crippen LogP contribution in [0.3, 0.4) is 0 Å². The molecule has 2 atom stereocenters. The van der Waals surface area contributed by atoms with E-state index in [1.54, 1.807) is 0 Å². The number of carbonyl (C=O) groups excluding carboxylic acids is 1. The maximum atomic E-state index is 13.2. The number of likely N-dealkylation sites (tertiary alicyclic amines) is 1. The Morgan fingerprint density at radius 1 is 0.909 bits per heavy atom. The number of hydrogen-bond donors (Lipinski definition) is 0. The molecule has 0 saturated carbocycles. The molecule has 0 spiro atoms. The van der Waals surface area contributed by atoms with Crippen LogP contribution in [0.25, 0.3) is 0 Å². The zero-order valence-electron chi connectivity index (χ0n) is 19.7. The quantitative estimate of drug-likeness (QED) is 0.502. The Hall–Kier alpha value is -3.10. The normalized spacial score (nSPS) is 22.3. The molecule has 0 bridgehead atoms. The Kier molecular flexibility index (Phi) is 7.47. The number of nitriles is 1. The van der Waals surface area contributed by atoms with Crippen LogP contribution in [0.1, 0.15) is 50.3 Å². The van der Waals surface area contributed by atoms with E-state index in [-0.39, 0.29) is 17.5 Å². The molecule has 1 amide bonds. The van der Waals surface area contributed by atoms with Gasteiger partial charge in [0.2, 0.25) is 0 Å². The van der Waals surface area contributed by atoms with Crippen LogP contribution >= 0.6 is 0 Å². The van der Waals surface area contributed by atoms with Gasteiger partial charge in [-0.1, -0.05) is 60.7 Å². The second-order valence-electron chi connectivity index (χ2n) is 9.28. The van der Waals surface area contributed by atoms with E-state index in [4.69, 9.17) is 0 Å². The summed E-state index contributed by atoms with van der Waals surface area (Å²) in [6.07, 6.45) is 5.23.